The summed E-state index contributed by atoms with van der Waals surface area (Å²) in [6, 6.07) is 15.3. The van der Waals surface area contributed by atoms with Crippen LogP contribution in [0.5, 0.6) is 0 Å². The van der Waals surface area contributed by atoms with Crippen LogP contribution in [-0.4, -0.2) is 30.2 Å². The maximum Gasteiger partial charge on any atom is 0.397 e. The van der Waals surface area contributed by atoms with E-state index in [1.165, 1.54) is 0 Å². The zero-order chi connectivity index (χ0) is 19.2. The van der Waals surface area contributed by atoms with Gasteiger partial charge in [-0.2, -0.15) is 17.7 Å². The Kier molecular flexibility index (Phi) is 4.24. The number of nitrogens with one attached hydrogen (secondary N) is 1. The average Bonchev–Trinajstić information content (AvgIpc) is 2.80. The molecule has 0 amide bonds. The highest BCUT2D eigenvalue weighted by atomic mass is 35.5. The van der Waals surface area contributed by atoms with Crippen LogP contribution in [0, 0.1) is 0 Å². The number of nitrogens with zero attached hydrogens (tertiary/aromatic N) is 4. The van der Waals surface area contributed by atoms with Crippen molar-refractivity contribution in [3.05, 3.63) is 70.5 Å². The second kappa shape index (κ2) is 6.47. The molecule has 138 valence electrons. The maximum atomic E-state index is 11.8. The summed E-state index contributed by atoms with van der Waals surface area (Å²) in [6.45, 7) is 0.339. The summed E-state index contributed by atoms with van der Waals surface area (Å²) in [7, 11) is -1.73. The third-order valence-electron chi connectivity index (χ3n) is 4.25. The van der Waals surface area contributed by atoms with Gasteiger partial charge in [-0.25, -0.2) is 0 Å². The summed E-state index contributed by atoms with van der Waals surface area (Å²) in [6.07, 6.45) is 1.10. The molecule has 3 aromatic rings. The van der Waals surface area contributed by atoms with Crippen LogP contribution in [-0.2, 0) is 23.6 Å². The number of sulfonamides is 1. The van der Waals surface area contributed by atoms with E-state index < -0.39 is 10.0 Å². The molecule has 0 aliphatic carbocycles. The van der Waals surface area contributed by atoms with Gasteiger partial charge in [0.15, 0.2) is 0 Å². The largest absolute Gasteiger partial charge is 0.397 e. The molecule has 0 saturated carbocycles. The summed E-state index contributed by atoms with van der Waals surface area (Å²) < 4.78 is 29.5. The normalized spacial score (nSPS) is 13.4. The molecule has 0 radical (unpaired) electrons. The Morgan fingerprint density at radius 1 is 1.19 bits per heavy atom. The number of aliphatic imine (C=N–C) groups is 1. The smallest absolute Gasteiger partial charge is 0.274 e. The van der Waals surface area contributed by atoms with Crippen LogP contribution < -0.4 is 9.29 Å². The van der Waals surface area contributed by atoms with Crippen molar-refractivity contribution in [3.8, 4) is 5.69 Å². The molecule has 9 heteroatoms. The van der Waals surface area contributed by atoms with Gasteiger partial charge in [-0.05, 0) is 18.2 Å². The summed E-state index contributed by atoms with van der Waals surface area (Å²) in [5.74, 6) is 0.957. The van der Waals surface area contributed by atoms with Crippen molar-refractivity contribution in [2.75, 3.05) is 11.0 Å². The van der Waals surface area contributed by atoms with Crippen LogP contribution in [0.15, 0.2) is 53.5 Å². The van der Waals surface area contributed by atoms with E-state index in [9.17, 15) is 8.42 Å². The second-order valence-corrected chi connectivity index (χ2v) is 8.45. The Morgan fingerprint density at radius 3 is 2.63 bits per heavy atom. The van der Waals surface area contributed by atoms with E-state index in [4.69, 9.17) is 16.6 Å². The summed E-state index contributed by atoms with van der Waals surface area (Å²) in [4.78, 5) is 4.79. The molecule has 0 unspecified atom stereocenters. The predicted molar refractivity (Wildman–Crippen MR) is 104 cm³/mol. The van der Waals surface area contributed by atoms with Crippen molar-refractivity contribution >= 4 is 33.3 Å². The zero-order valence-corrected chi connectivity index (χ0v) is 16.3. The lowest BCUT2D eigenvalue weighted by molar-refractivity contribution is -0.589. The van der Waals surface area contributed by atoms with Crippen LogP contribution in [0.1, 0.15) is 17.0 Å². The fourth-order valence-corrected chi connectivity index (χ4v) is 3.78. The Balaban J connectivity index is 1.99. The number of halogens is 1. The van der Waals surface area contributed by atoms with E-state index in [0.29, 0.717) is 11.6 Å². The molecule has 0 fully saturated rings. The summed E-state index contributed by atoms with van der Waals surface area (Å²) in [5.41, 5.74) is 3.32. The molecule has 0 saturated heterocycles. The molecule has 1 N–H and O–H groups in total. The van der Waals surface area contributed by atoms with E-state index in [0.717, 1.165) is 34.6 Å². The van der Waals surface area contributed by atoms with Gasteiger partial charge in [0.2, 0.25) is 5.82 Å². The van der Waals surface area contributed by atoms with E-state index >= 15 is 0 Å². The first-order valence-corrected chi connectivity index (χ1v) is 10.5. The Labute approximate surface area is 162 Å². The Hall–Kier alpha value is -2.71. The number of hydrogen-bond donors (Lipinski definition) is 1. The lowest BCUT2D eigenvalue weighted by Gasteiger charge is -2.10. The van der Waals surface area contributed by atoms with Crippen molar-refractivity contribution in [3.63, 3.8) is 0 Å². The number of anilines is 1. The molecule has 0 bridgehead atoms. The van der Waals surface area contributed by atoms with E-state index in [2.05, 4.69) is 9.82 Å². The number of aryl methyl sites for hydroxylation is 1. The number of fused-ring (bicyclic) bond motifs is 3. The molecule has 7 nitrogen and oxygen atoms in total. The Bertz CT molecular complexity index is 1170. The molecular weight excluding hydrogens is 386 g/mol. The molecule has 1 aliphatic rings. The molecule has 2 heterocycles. The van der Waals surface area contributed by atoms with Crippen LogP contribution in [0.25, 0.3) is 5.69 Å². The summed E-state index contributed by atoms with van der Waals surface area (Å²) >= 11 is 6.26. The van der Waals surface area contributed by atoms with Gasteiger partial charge < -0.3 is 0 Å². The lowest BCUT2D eigenvalue weighted by Crippen LogP contribution is -2.39. The van der Waals surface area contributed by atoms with Crippen molar-refractivity contribution < 1.29 is 13.0 Å². The number of hydrogen-bond acceptors (Lipinski definition) is 4. The molecular formula is C18H17ClN5O2S+. The van der Waals surface area contributed by atoms with Crippen LogP contribution in [0.2, 0.25) is 5.02 Å². The monoisotopic (exact) mass is 402 g/mol. The maximum absolute atomic E-state index is 11.8. The zero-order valence-electron chi connectivity index (χ0n) is 14.7. The molecule has 4 rings (SSSR count). The van der Waals surface area contributed by atoms with Gasteiger partial charge in [-0.1, -0.05) is 41.9 Å². The van der Waals surface area contributed by atoms with Crippen LogP contribution in [0.4, 0.5) is 5.95 Å². The second-order valence-electron chi connectivity index (χ2n) is 6.27. The Morgan fingerprint density at radius 2 is 1.93 bits per heavy atom. The predicted octanol–water partition coefficient (Wildman–Crippen LogP) is 2.07. The van der Waals surface area contributed by atoms with Crippen molar-refractivity contribution in [2.45, 2.75) is 6.54 Å². The minimum atomic E-state index is -3.50. The SMILES string of the molecule is Cn1nc(NS(C)(=O)=O)[n+]2c1CN=C(c1ccccc1)c1cc(Cl)ccc1-2. The molecule has 1 aromatic heterocycles. The van der Waals surface area contributed by atoms with Gasteiger partial charge >= 0.3 is 5.95 Å². The van der Waals surface area contributed by atoms with Gasteiger partial charge in [-0.15, -0.1) is 4.68 Å². The fraction of sp³-hybridized carbons (Fsp3) is 0.167. The quantitative estimate of drug-likeness (QED) is 0.681. The lowest BCUT2D eigenvalue weighted by atomic mass is 10.0. The van der Waals surface area contributed by atoms with Gasteiger partial charge in [-0.3, -0.25) is 4.99 Å². The van der Waals surface area contributed by atoms with Gasteiger partial charge in [0.05, 0.1) is 19.0 Å². The topological polar surface area (TPSA) is 80.2 Å². The molecule has 2 aromatic carbocycles. The van der Waals surface area contributed by atoms with E-state index in [-0.39, 0.29) is 5.95 Å². The molecule has 27 heavy (non-hydrogen) atoms. The number of benzene rings is 2. The molecule has 0 atom stereocenters. The highest BCUT2D eigenvalue weighted by molar-refractivity contribution is 7.91. The fourth-order valence-electron chi connectivity index (χ4n) is 3.14. The average molecular weight is 403 g/mol. The standard InChI is InChI=1S/C18H17ClN5O2S/c1-23-16-11-20-17(12-6-4-3-5-7-12)14-10-13(19)8-9-15(14)24(16)18(21-23)22-27(2,25)26/h3-10H,11H2,1-2H3,(H,21,22)/q+1. The first-order chi connectivity index (χ1) is 12.8. The van der Waals surface area contributed by atoms with Crippen LogP contribution in [0.3, 0.4) is 0 Å². The third-order valence-corrected chi connectivity index (χ3v) is 5.03. The minimum Gasteiger partial charge on any atom is -0.274 e. The number of rotatable bonds is 3. The highest BCUT2D eigenvalue weighted by Crippen LogP contribution is 2.25. The first-order valence-electron chi connectivity index (χ1n) is 8.19. The molecule has 1 aliphatic heterocycles. The highest BCUT2D eigenvalue weighted by Gasteiger charge is 2.31. The third kappa shape index (κ3) is 3.33. The molecule has 0 spiro atoms. The van der Waals surface area contributed by atoms with Gasteiger partial charge in [0, 0.05) is 21.2 Å². The van der Waals surface area contributed by atoms with Crippen molar-refractivity contribution in [1.82, 2.24) is 9.78 Å². The van der Waals surface area contributed by atoms with Gasteiger partial charge in [0.25, 0.3) is 10.0 Å². The first kappa shape index (κ1) is 17.7. The van der Waals surface area contributed by atoms with Crippen LogP contribution >= 0.6 is 11.6 Å². The number of aromatic nitrogens is 3. The van der Waals surface area contributed by atoms with E-state index in [1.54, 1.807) is 22.4 Å². The minimum absolute atomic E-state index is 0.211. The summed E-state index contributed by atoms with van der Waals surface area (Å²) in [5, 5.41) is 4.90. The van der Waals surface area contributed by atoms with E-state index in [1.807, 2.05) is 42.5 Å². The van der Waals surface area contributed by atoms with Crippen molar-refractivity contribution in [1.29, 1.82) is 0 Å². The van der Waals surface area contributed by atoms with Crippen molar-refractivity contribution in [2.24, 2.45) is 12.0 Å². The van der Waals surface area contributed by atoms with Gasteiger partial charge in [0.1, 0.15) is 12.2 Å².